The minimum atomic E-state index is 0.882. The number of rotatable bonds is 1. The first-order chi connectivity index (χ1) is 8.24. The normalized spacial score (nSPS) is 10.9. The highest BCUT2D eigenvalue weighted by Gasteiger charge is 2.09. The van der Waals surface area contributed by atoms with Gasteiger partial charge in [0.15, 0.2) is 0 Å². The van der Waals surface area contributed by atoms with Gasteiger partial charge < -0.3 is 4.42 Å². The average Bonchev–Trinajstić information content (AvgIpc) is 2.74. The van der Waals surface area contributed by atoms with Crippen LogP contribution >= 0.6 is 31.9 Å². The summed E-state index contributed by atoms with van der Waals surface area (Å²) in [5, 5.41) is 1.09. The second-order valence-electron chi connectivity index (χ2n) is 3.78. The van der Waals surface area contributed by atoms with Crippen LogP contribution in [-0.4, -0.2) is 0 Å². The van der Waals surface area contributed by atoms with Gasteiger partial charge >= 0.3 is 0 Å². The lowest BCUT2D eigenvalue weighted by molar-refractivity contribution is 0.629. The predicted octanol–water partition coefficient (Wildman–Crippen LogP) is 5.62. The molecule has 0 aliphatic rings. The molecule has 1 aromatic heterocycles. The van der Waals surface area contributed by atoms with Gasteiger partial charge in [-0.15, -0.1) is 0 Å². The molecule has 3 rings (SSSR count). The van der Waals surface area contributed by atoms with Crippen LogP contribution in [0.1, 0.15) is 0 Å². The van der Waals surface area contributed by atoms with Crippen molar-refractivity contribution in [1.82, 2.24) is 0 Å². The Hall–Kier alpha value is -1.06. The third-order valence-corrected chi connectivity index (χ3v) is 3.64. The maximum Gasteiger partial charge on any atom is 0.149 e. The van der Waals surface area contributed by atoms with Gasteiger partial charge in [0.1, 0.15) is 11.3 Å². The molecule has 0 saturated carbocycles. The number of halogens is 2. The number of furan rings is 1. The Morgan fingerprint density at radius 3 is 2.41 bits per heavy atom. The second kappa shape index (κ2) is 4.31. The Bertz CT molecular complexity index is 671. The Kier molecular flexibility index (Phi) is 2.81. The first-order valence-electron chi connectivity index (χ1n) is 5.18. The van der Waals surface area contributed by atoms with Crippen LogP contribution < -0.4 is 0 Å². The molecule has 3 aromatic rings. The van der Waals surface area contributed by atoms with Crippen LogP contribution in [-0.2, 0) is 0 Å². The Morgan fingerprint density at radius 2 is 1.65 bits per heavy atom. The van der Waals surface area contributed by atoms with E-state index in [1.807, 2.05) is 36.4 Å². The van der Waals surface area contributed by atoms with Gasteiger partial charge in [-0.25, -0.2) is 0 Å². The fourth-order valence-electron chi connectivity index (χ4n) is 1.82. The van der Waals surface area contributed by atoms with E-state index in [1.165, 1.54) is 0 Å². The first-order valence-corrected chi connectivity index (χ1v) is 6.76. The summed E-state index contributed by atoms with van der Waals surface area (Å²) in [7, 11) is 0. The molecule has 0 radical (unpaired) electrons. The average molecular weight is 352 g/mol. The van der Waals surface area contributed by atoms with Crippen molar-refractivity contribution < 1.29 is 4.42 Å². The van der Waals surface area contributed by atoms with Crippen LogP contribution in [0.15, 0.2) is 61.9 Å². The fourth-order valence-corrected chi connectivity index (χ4v) is 3.16. The van der Waals surface area contributed by atoms with Gasteiger partial charge in [0, 0.05) is 15.4 Å². The predicted molar refractivity (Wildman–Crippen MR) is 77.1 cm³/mol. The molecule has 0 aliphatic carbocycles. The molecule has 0 N–H and O–H groups in total. The quantitative estimate of drug-likeness (QED) is 0.554. The van der Waals surface area contributed by atoms with Crippen molar-refractivity contribution >= 4 is 42.8 Å². The molecule has 0 fully saturated rings. The molecule has 17 heavy (non-hydrogen) atoms. The zero-order valence-corrected chi connectivity index (χ0v) is 12.0. The number of benzene rings is 2. The lowest BCUT2D eigenvalue weighted by Gasteiger charge is -1.95. The van der Waals surface area contributed by atoms with Crippen LogP contribution in [0.4, 0.5) is 0 Å². The van der Waals surface area contributed by atoms with Crippen molar-refractivity contribution in [3.05, 3.63) is 57.5 Å². The Labute approximate surface area is 116 Å². The summed E-state index contributed by atoms with van der Waals surface area (Å²) in [6, 6.07) is 16.2. The van der Waals surface area contributed by atoms with Crippen molar-refractivity contribution in [2.75, 3.05) is 0 Å². The summed E-state index contributed by atoms with van der Waals surface area (Å²) < 4.78 is 7.87. The van der Waals surface area contributed by atoms with Gasteiger partial charge in [-0.3, -0.25) is 0 Å². The highest BCUT2D eigenvalue weighted by molar-refractivity contribution is 9.11. The summed E-state index contributed by atoms with van der Waals surface area (Å²) in [6.45, 7) is 0. The summed E-state index contributed by atoms with van der Waals surface area (Å²) >= 11 is 6.99. The van der Waals surface area contributed by atoms with Gasteiger partial charge in [-0.1, -0.05) is 46.3 Å². The SMILES string of the molecule is Brc1cc(Br)c2oc(-c3ccccc3)cc2c1. The molecule has 1 nitrogen and oxygen atoms in total. The molecule has 0 aliphatic heterocycles. The fraction of sp³-hybridized carbons (Fsp3) is 0. The van der Waals surface area contributed by atoms with Gasteiger partial charge in [0.05, 0.1) is 4.47 Å². The Morgan fingerprint density at radius 1 is 0.882 bits per heavy atom. The van der Waals surface area contributed by atoms with Gasteiger partial charge in [-0.2, -0.15) is 0 Å². The maximum atomic E-state index is 5.87. The van der Waals surface area contributed by atoms with Gasteiger partial charge in [0.2, 0.25) is 0 Å². The van der Waals surface area contributed by atoms with Crippen molar-refractivity contribution in [2.24, 2.45) is 0 Å². The van der Waals surface area contributed by atoms with E-state index in [-0.39, 0.29) is 0 Å². The van der Waals surface area contributed by atoms with Crippen molar-refractivity contribution in [1.29, 1.82) is 0 Å². The summed E-state index contributed by atoms with van der Waals surface area (Å²) in [5.41, 5.74) is 1.97. The van der Waals surface area contributed by atoms with E-state index in [1.54, 1.807) is 0 Å². The first kappa shape index (κ1) is 11.1. The molecule has 3 heteroatoms. The molecule has 84 valence electrons. The molecule has 0 unspecified atom stereocenters. The number of hydrogen-bond donors (Lipinski definition) is 0. The van der Waals surface area contributed by atoms with Crippen molar-refractivity contribution in [3.8, 4) is 11.3 Å². The van der Waals surface area contributed by atoms with E-state index in [2.05, 4.69) is 44.0 Å². The smallest absolute Gasteiger partial charge is 0.149 e. The van der Waals surface area contributed by atoms with Crippen molar-refractivity contribution in [3.63, 3.8) is 0 Å². The molecular formula is C14H8Br2O. The molecule has 0 amide bonds. The second-order valence-corrected chi connectivity index (χ2v) is 5.55. The third kappa shape index (κ3) is 2.05. The molecular weight excluding hydrogens is 344 g/mol. The number of hydrogen-bond acceptors (Lipinski definition) is 1. The molecule has 0 bridgehead atoms. The van der Waals surface area contributed by atoms with Crippen LogP contribution in [0.5, 0.6) is 0 Å². The van der Waals surface area contributed by atoms with E-state index in [0.717, 1.165) is 31.2 Å². The summed E-state index contributed by atoms with van der Waals surface area (Å²) in [6.07, 6.45) is 0. The zero-order chi connectivity index (χ0) is 11.8. The largest absolute Gasteiger partial charge is 0.455 e. The molecule has 0 saturated heterocycles. The minimum absolute atomic E-state index is 0.882. The molecule has 0 spiro atoms. The lowest BCUT2D eigenvalue weighted by atomic mass is 10.1. The highest BCUT2D eigenvalue weighted by Crippen LogP contribution is 2.34. The van der Waals surface area contributed by atoms with E-state index < -0.39 is 0 Å². The van der Waals surface area contributed by atoms with Gasteiger partial charge in [0.25, 0.3) is 0 Å². The van der Waals surface area contributed by atoms with Crippen LogP contribution in [0.3, 0.4) is 0 Å². The van der Waals surface area contributed by atoms with Gasteiger partial charge in [-0.05, 0) is 34.1 Å². The molecule has 2 aromatic carbocycles. The topological polar surface area (TPSA) is 13.1 Å². The molecule has 1 heterocycles. The summed E-state index contributed by atoms with van der Waals surface area (Å²) in [4.78, 5) is 0. The maximum absolute atomic E-state index is 5.87. The van der Waals surface area contributed by atoms with Crippen LogP contribution in [0.25, 0.3) is 22.3 Å². The van der Waals surface area contributed by atoms with Crippen molar-refractivity contribution in [2.45, 2.75) is 0 Å². The lowest BCUT2D eigenvalue weighted by Crippen LogP contribution is -1.69. The minimum Gasteiger partial charge on any atom is -0.455 e. The Balaban J connectivity index is 2.24. The standard InChI is InChI=1S/C14H8Br2O/c15-11-6-10-7-13(9-4-2-1-3-5-9)17-14(10)12(16)8-11/h1-8H. The third-order valence-electron chi connectivity index (χ3n) is 2.59. The van der Waals surface area contributed by atoms with Crippen LogP contribution in [0, 0.1) is 0 Å². The van der Waals surface area contributed by atoms with E-state index in [4.69, 9.17) is 4.42 Å². The molecule has 0 atom stereocenters. The summed E-state index contributed by atoms with van der Waals surface area (Å²) in [5.74, 6) is 0.888. The number of fused-ring (bicyclic) bond motifs is 1. The van der Waals surface area contributed by atoms with E-state index in [0.29, 0.717) is 0 Å². The monoisotopic (exact) mass is 350 g/mol. The highest BCUT2D eigenvalue weighted by atomic mass is 79.9. The zero-order valence-electron chi connectivity index (χ0n) is 8.78. The van der Waals surface area contributed by atoms with E-state index >= 15 is 0 Å². The van der Waals surface area contributed by atoms with Crippen LogP contribution in [0.2, 0.25) is 0 Å². The van der Waals surface area contributed by atoms with E-state index in [9.17, 15) is 0 Å².